The second kappa shape index (κ2) is 11.4. The Morgan fingerprint density at radius 1 is 1.00 bits per heavy atom. The number of allylic oxidation sites excluding steroid dienone is 3. The van der Waals surface area contributed by atoms with Gasteiger partial charge < -0.3 is 19.7 Å². The van der Waals surface area contributed by atoms with E-state index in [2.05, 4.69) is 6.92 Å². The Labute approximate surface area is 171 Å². The second-order valence-corrected chi connectivity index (χ2v) is 6.34. The largest absolute Gasteiger partial charge is 0.508 e. The summed E-state index contributed by atoms with van der Waals surface area (Å²) in [6, 6.07) is 11.9. The van der Waals surface area contributed by atoms with E-state index in [1.165, 1.54) is 24.3 Å². The Morgan fingerprint density at radius 2 is 1.69 bits per heavy atom. The van der Waals surface area contributed by atoms with Crippen molar-refractivity contribution in [1.29, 1.82) is 0 Å². The molecule has 5 heteroatoms. The van der Waals surface area contributed by atoms with Crippen LogP contribution in [0, 0.1) is 0 Å². The molecule has 0 spiro atoms. The highest BCUT2D eigenvalue weighted by Gasteiger charge is 2.04. The van der Waals surface area contributed by atoms with Gasteiger partial charge in [0.15, 0.2) is 17.3 Å². The molecule has 0 aliphatic carbocycles. The third kappa shape index (κ3) is 7.58. The van der Waals surface area contributed by atoms with Crippen molar-refractivity contribution in [3.63, 3.8) is 0 Å². The van der Waals surface area contributed by atoms with Crippen molar-refractivity contribution in [2.75, 3.05) is 13.7 Å². The minimum atomic E-state index is -0.350. The van der Waals surface area contributed by atoms with Gasteiger partial charge in [-0.3, -0.25) is 4.79 Å². The van der Waals surface area contributed by atoms with Gasteiger partial charge in [-0.1, -0.05) is 43.7 Å². The number of methoxy groups -OCH3 is 1. The molecule has 5 nitrogen and oxygen atoms in total. The maximum absolute atomic E-state index is 11.9. The van der Waals surface area contributed by atoms with Crippen LogP contribution < -0.4 is 9.47 Å². The van der Waals surface area contributed by atoms with Crippen LogP contribution in [-0.2, 0) is 4.79 Å². The summed E-state index contributed by atoms with van der Waals surface area (Å²) >= 11 is 0. The summed E-state index contributed by atoms with van der Waals surface area (Å²) in [6.07, 6.45) is 9.24. The van der Waals surface area contributed by atoms with Gasteiger partial charge in [-0.2, -0.15) is 0 Å². The van der Waals surface area contributed by atoms with Crippen LogP contribution in [0.3, 0.4) is 0 Å². The zero-order chi connectivity index (χ0) is 21.1. The number of aliphatic hydroxyl groups excluding tert-OH is 1. The highest BCUT2D eigenvalue weighted by atomic mass is 16.5. The number of carbonyl (C=O) groups is 1. The van der Waals surface area contributed by atoms with E-state index < -0.39 is 0 Å². The van der Waals surface area contributed by atoms with Crippen LogP contribution in [0.5, 0.6) is 17.2 Å². The molecule has 0 amide bonds. The molecule has 0 saturated carbocycles. The minimum Gasteiger partial charge on any atom is -0.508 e. The first kappa shape index (κ1) is 21.8. The fourth-order valence-electron chi connectivity index (χ4n) is 2.42. The number of hydrogen-bond acceptors (Lipinski definition) is 5. The maximum atomic E-state index is 11.9. The van der Waals surface area contributed by atoms with Crippen molar-refractivity contribution in [2.45, 2.75) is 19.8 Å². The van der Waals surface area contributed by atoms with E-state index in [-0.39, 0.29) is 17.3 Å². The van der Waals surface area contributed by atoms with Crippen LogP contribution in [0.15, 0.2) is 66.5 Å². The van der Waals surface area contributed by atoms with E-state index in [9.17, 15) is 15.0 Å². The lowest BCUT2D eigenvalue weighted by atomic mass is 10.1. The van der Waals surface area contributed by atoms with Gasteiger partial charge in [-0.05, 0) is 54.0 Å². The Morgan fingerprint density at radius 3 is 2.38 bits per heavy atom. The quantitative estimate of drug-likeness (QED) is 0.247. The monoisotopic (exact) mass is 394 g/mol. The van der Waals surface area contributed by atoms with Gasteiger partial charge >= 0.3 is 0 Å². The maximum Gasteiger partial charge on any atom is 0.182 e. The van der Waals surface area contributed by atoms with Crippen molar-refractivity contribution in [3.05, 3.63) is 77.6 Å². The van der Waals surface area contributed by atoms with Gasteiger partial charge in [0.2, 0.25) is 0 Å². The summed E-state index contributed by atoms with van der Waals surface area (Å²) in [5.41, 5.74) is 1.57. The molecule has 0 bridgehead atoms. The normalized spacial score (nSPS) is 11.9. The summed E-state index contributed by atoms with van der Waals surface area (Å²) in [4.78, 5) is 11.9. The predicted octanol–water partition coefficient (Wildman–Crippen LogP) is 5.32. The van der Waals surface area contributed by atoms with Crippen molar-refractivity contribution in [2.24, 2.45) is 0 Å². The summed E-state index contributed by atoms with van der Waals surface area (Å²) < 4.78 is 11.1. The van der Waals surface area contributed by atoms with E-state index in [4.69, 9.17) is 9.47 Å². The minimum absolute atomic E-state index is 0.160. The number of aliphatic hydroxyl groups is 1. The van der Waals surface area contributed by atoms with Crippen LogP contribution in [0.4, 0.5) is 0 Å². The molecular weight excluding hydrogens is 368 g/mol. The molecule has 0 heterocycles. The SMILES string of the molecule is CCCCOc1ccc(/C=C/C(O)=C/C(=O)/C=C/c2ccc(O)cc2)cc1OC. The van der Waals surface area contributed by atoms with Crippen molar-refractivity contribution in [1.82, 2.24) is 0 Å². The number of phenols is 1. The lowest BCUT2D eigenvalue weighted by Crippen LogP contribution is -1.98. The molecule has 2 N–H and O–H groups in total. The lowest BCUT2D eigenvalue weighted by Gasteiger charge is -2.10. The Hall–Kier alpha value is -3.47. The number of ketones is 1. The molecule has 0 atom stereocenters. The number of aromatic hydroxyl groups is 1. The lowest BCUT2D eigenvalue weighted by molar-refractivity contribution is -0.110. The Kier molecular flexibility index (Phi) is 8.57. The fraction of sp³-hybridized carbons (Fsp3) is 0.208. The van der Waals surface area contributed by atoms with Crippen LogP contribution in [0.25, 0.3) is 12.2 Å². The summed E-state index contributed by atoms with van der Waals surface area (Å²) in [5, 5.41) is 19.2. The number of phenolic OH excluding ortho intramolecular Hbond substituents is 1. The van der Waals surface area contributed by atoms with E-state index in [0.29, 0.717) is 18.1 Å². The van der Waals surface area contributed by atoms with Crippen LogP contribution in [0.2, 0.25) is 0 Å². The van der Waals surface area contributed by atoms with E-state index >= 15 is 0 Å². The first-order valence-corrected chi connectivity index (χ1v) is 9.42. The van der Waals surface area contributed by atoms with Crippen molar-refractivity contribution < 1.29 is 24.5 Å². The predicted molar refractivity (Wildman–Crippen MR) is 115 cm³/mol. The highest BCUT2D eigenvalue weighted by molar-refractivity contribution is 6.02. The van der Waals surface area contributed by atoms with E-state index in [1.807, 2.05) is 12.1 Å². The van der Waals surface area contributed by atoms with Gasteiger partial charge in [0.05, 0.1) is 13.7 Å². The van der Waals surface area contributed by atoms with Crippen molar-refractivity contribution >= 4 is 17.9 Å². The van der Waals surface area contributed by atoms with Gasteiger partial charge in [0.25, 0.3) is 0 Å². The van der Waals surface area contributed by atoms with Crippen LogP contribution in [-0.4, -0.2) is 29.7 Å². The number of rotatable bonds is 10. The summed E-state index contributed by atoms with van der Waals surface area (Å²) in [6.45, 7) is 2.73. The third-order valence-corrected chi connectivity index (χ3v) is 4.01. The molecule has 29 heavy (non-hydrogen) atoms. The zero-order valence-electron chi connectivity index (χ0n) is 16.7. The van der Waals surface area contributed by atoms with E-state index in [1.54, 1.807) is 37.5 Å². The molecule has 2 aromatic carbocycles. The molecule has 0 radical (unpaired) electrons. The molecule has 0 aromatic heterocycles. The average Bonchev–Trinajstić information content (AvgIpc) is 2.72. The van der Waals surface area contributed by atoms with Crippen LogP contribution in [0.1, 0.15) is 30.9 Å². The summed E-state index contributed by atoms with van der Waals surface area (Å²) in [7, 11) is 1.58. The van der Waals surface area contributed by atoms with Gasteiger partial charge in [-0.15, -0.1) is 0 Å². The Bertz CT molecular complexity index is 892. The zero-order valence-corrected chi connectivity index (χ0v) is 16.7. The average molecular weight is 394 g/mol. The number of hydrogen-bond donors (Lipinski definition) is 2. The van der Waals surface area contributed by atoms with Gasteiger partial charge in [0.1, 0.15) is 11.5 Å². The molecule has 2 rings (SSSR count). The molecule has 0 aliphatic heterocycles. The standard InChI is InChI=1S/C24H26O5/c1-3-4-15-29-23-14-9-19(16-24(23)28-2)8-13-22(27)17-21(26)12-7-18-5-10-20(25)11-6-18/h5-14,16-17,25,27H,3-4,15H2,1-2H3/b12-7+,13-8+,22-17-. The molecule has 2 aromatic rings. The van der Waals surface area contributed by atoms with Crippen molar-refractivity contribution in [3.8, 4) is 17.2 Å². The molecule has 0 fully saturated rings. The second-order valence-electron chi connectivity index (χ2n) is 6.34. The topological polar surface area (TPSA) is 76.0 Å². The van der Waals surface area contributed by atoms with Crippen LogP contribution >= 0.6 is 0 Å². The van der Waals surface area contributed by atoms with Gasteiger partial charge in [0, 0.05) is 6.08 Å². The number of ether oxygens (including phenoxy) is 2. The Balaban J connectivity index is 2.00. The number of unbranched alkanes of at least 4 members (excludes halogenated alkanes) is 1. The fourth-order valence-corrected chi connectivity index (χ4v) is 2.42. The van der Waals surface area contributed by atoms with Gasteiger partial charge in [-0.25, -0.2) is 0 Å². The number of carbonyl (C=O) groups excluding carboxylic acids is 1. The molecule has 0 aliphatic rings. The smallest absolute Gasteiger partial charge is 0.182 e. The first-order valence-electron chi connectivity index (χ1n) is 9.42. The molecule has 152 valence electrons. The number of benzene rings is 2. The highest BCUT2D eigenvalue weighted by Crippen LogP contribution is 2.28. The molecule has 0 unspecified atom stereocenters. The first-order chi connectivity index (χ1) is 14.0. The molecule has 0 saturated heterocycles. The molecular formula is C24H26O5. The van der Waals surface area contributed by atoms with E-state index in [0.717, 1.165) is 30.0 Å². The summed E-state index contributed by atoms with van der Waals surface area (Å²) in [5.74, 6) is 0.936. The third-order valence-electron chi connectivity index (χ3n) is 4.01.